The summed E-state index contributed by atoms with van der Waals surface area (Å²) in [6.45, 7) is 0. The molecule has 0 aliphatic carbocycles. The molecule has 1 amide bonds. The highest BCUT2D eigenvalue weighted by Crippen LogP contribution is 2.32. The van der Waals surface area contributed by atoms with E-state index in [1.807, 2.05) is 0 Å². The number of hydrogen-bond donors (Lipinski definition) is 1. The number of halogens is 3. The van der Waals surface area contributed by atoms with Crippen LogP contribution in [0.2, 0.25) is 5.15 Å². The summed E-state index contributed by atoms with van der Waals surface area (Å²) < 4.78 is 6.50. The number of ether oxygens (including phenoxy) is 1. The maximum Gasteiger partial charge on any atom is 0.260 e. The van der Waals surface area contributed by atoms with Crippen molar-refractivity contribution in [2.24, 2.45) is 0 Å². The van der Waals surface area contributed by atoms with Gasteiger partial charge in [-0.1, -0.05) is 11.6 Å². The van der Waals surface area contributed by atoms with Crippen LogP contribution in [0.5, 0.6) is 5.88 Å². The van der Waals surface area contributed by atoms with Crippen molar-refractivity contribution in [3.63, 3.8) is 0 Å². The maximum absolute atomic E-state index is 12.0. The van der Waals surface area contributed by atoms with E-state index in [0.29, 0.717) is 9.35 Å². The molecule has 0 unspecified atom stereocenters. The molecule has 2 aromatic heterocycles. The number of nitrogens with one attached hydrogen (secondary N) is 1. The first-order chi connectivity index (χ1) is 8.99. The monoisotopic (exact) mass is 425 g/mol. The third-order valence-electron chi connectivity index (χ3n) is 2.01. The van der Waals surface area contributed by atoms with Crippen LogP contribution in [0.15, 0.2) is 19.7 Å². The van der Waals surface area contributed by atoms with Crippen molar-refractivity contribution in [2.75, 3.05) is 12.4 Å². The van der Waals surface area contributed by atoms with Crippen molar-refractivity contribution in [1.82, 2.24) is 9.97 Å². The van der Waals surface area contributed by atoms with Gasteiger partial charge in [-0.15, -0.1) is 11.3 Å². The topological polar surface area (TPSA) is 64.1 Å². The molecule has 0 aliphatic heterocycles. The molecule has 0 fully saturated rings. The molecule has 9 heteroatoms. The highest BCUT2D eigenvalue weighted by atomic mass is 79.9. The lowest BCUT2D eigenvalue weighted by molar-refractivity contribution is 0.102. The largest absolute Gasteiger partial charge is 0.481 e. The molecule has 0 atom stereocenters. The first-order valence-corrected chi connectivity index (χ1v) is 7.62. The molecule has 0 aromatic carbocycles. The summed E-state index contributed by atoms with van der Waals surface area (Å²) in [5.74, 6) is 0.0302. The van der Waals surface area contributed by atoms with Gasteiger partial charge in [-0.2, -0.15) is 4.98 Å². The molecule has 0 bridgehead atoms. The number of carbonyl (C=O) groups is 1. The first kappa shape index (κ1) is 14.7. The van der Waals surface area contributed by atoms with E-state index in [9.17, 15) is 4.79 Å². The zero-order valence-corrected chi connectivity index (χ0v) is 14.2. The Bertz CT molecular complexity index is 635. The van der Waals surface area contributed by atoms with Gasteiger partial charge in [0.1, 0.15) is 5.15 Å². The zero-order chi connectivity index (χ0) is 14.0. The Labute approximate surface area is 134 Å². The fourth-order valence-electron chi connectivity index (χ4n) is 1.22. The molecular formula is C10H6Br2ClN3O2S. The summed E-state index contributed by atoms with van der Waals surface area (Å²) in [7, 11) is 1.46. The highest BCUT2D eigenvalue weighted by molar-refractivity contribution is 9.12. The Kier molecular flexibility index (Phi) is 4.77. The molecule has 19 heavy (non-hydrogen) atoms. The van der Waals surface area contributed by atoms with Crippen LogP contribution in [0.3, 0.4) is 0 Å². The third-order valence-corrected chi connectivity index (χ3v) is 4.54. The summed E-state index contributed by atoms with van der Waals surface area (Å²) in [6, 6.07) is 3.15. The van der Waals surface area contributed by atoms with Gasteiger partial charge in [0.15, 0.2) is 0 Å². The summed E-state index contributed by atoms with van der Waals surface area (Å²) in [5.41, 5.74) is 0.486. The van der Waals surface area contributed by atoms with E-state index in [-0.39, 0.29) is 22.9 Å². The van der Waals surface area contributed by atoms with Gasteiger partial charge in [0, 0.05) is 6.07 Å². The molecule has 0 aliphatic rings. The number of thiophene rings is 1. The van der Waals surface area contributed by atoms with E-state index in [0.717, 1.165) is 3.79 Å². The Balaban J connectivity index is 2.23. The maximum atomic E-state index is 12.0. The molecule has 5 nitrogen and oxygen atoms in total. The SMILES string of the molecule is COc1cc(Cl)nc(NC(=O)c2cc(Br)sc2Br)n1. The minimum Gasteiger partial charge on any atom is -0.481 e. The van der Waals surface area contributed by atoms with Crippen LogP contribution >= 0.6 is 54.8 Å². The first-order valence-electron chi connectivity index (χ1n) is 4.84. The smallest absolute Gasteiger partial charge is 0.260 e. The van der Waals surface area contributed by atoms with Crippen LogP contribution in [0.1, 0.15) is 10.4 Å². The lowest BCUT2D eigenvalue weighted by atomic mass is 10.3. The zero-order valence-electron chi connectivity index (χ0n) is 9.41. The van der Waals surface area contributed by atoms with Gasteiger partial charge in [0.25, 0.3) is 5.91 Å². The third kappa shape index (κ3) is 3.65. The van der Waals surface area contributed by atoms with Crippen molar-refractivity contribution < 1.29 is 9.53 Å². The number of methoxy groups -OCH3 is 1. The standard InChI is InChI=1S/C10H6Br2ClN3O2S/c1-18-7-3-6(13)14-10(15-7)16-9(17)4-2-5(11)19-8(4)12/h2-3H,1H3,(H,14,15,16,17). The molecular weight excluding hydrogens is 421 g/mol. The molecule has 0 saturated carbocycles. The van der Waals surface area contributed by atoms with Gasteiger partial charge >= 0.3 is 0 Å². The number of nitrogens with zero attached hydrogens (tertiary/aromatic N) is 2. The van der Waals surface area contributed by atoms with Crippen molar-refractivity contribution in [2.45, 2.75) is 0 Å². The molecule has 2 heterocycles. The normalized spacial score (nSPS) is 10.3. The second-order valence-corrected chi connectivity index (χ2v) is 7.39. The van der Waals surface area contributed by atoms with E-state index in [4.69, 9.17) is 16.3 Å². The Hall–Kier alpha value is -0.700. The molecule has 2 aromatic rings. The summed E-state index contributed by atoms with van der Waals surface area (Å²) in [4.78, 5) is 19.9. The minimum absolute atomic E-state index is 0.0866. The molecule has 2 rings (SSSR count). The Morgan fingerprint density at radius 2 is 2.16 bits per heavy atom. The minimum atomic E-state index is -0.335. The second-order valence-electron chi connectivity index (χ2n) is 3.25. The van der Waals surface area contributed by atoms with E-state index in [1.165, 1.54) is 24.5 Å². The van der Waals surface area contributed by atoms with E-state index in [2.05, 4.69) is 47.1 Å². The van der Waals surface area contributed by atoms with Crippen molar-refractivity contribution in [3.05, 3.63) is 30.4 Å². The number of aromatic nitrogens is 2. The number of carbonyl (C=O) groups excluding carboxylic acids is 1. The van der Waals surface area contributed by atoms with Crippen LogP contribution in [-0.2, 0) is 0 Å². The Morgan fingerprint density at radius 3 is 2.74 bits per heavy atom. The fourth-order valence-corrected chi connectivity index (χ4v) is 4.19. The summed E-state index contributed by atoms with van der Waals surface area (Å²) in [6.07, 6.45) is 0. The lowest BCUT2D eigenvalue weighted by Crippen LogP contribution is -2.14. The highest BCUT2D eigenvalue weighted by Gasteiger charge is 2.15. The van der Waals surface area contributed by atoms with Crippen molar-refractivity contribution in [1.29, 1.82) is 0 Å². The van der Waals surface area contributed by atoms with Gasteiger partial charge in [0.05, 0.1) is 20.2 Å². The molecule has 0 spiro atoms. The van der Waals surface area contributed by atoms with Gasteiger partial charge in [0.2, 0.25) is 11.8 Å². The average molecular weight is 428 g/mol. The molecule has 100 valence electrons. The summed E-state index contributed by atoms with van der Waals surface area (Å²) in [5, 5.41) is 2.75. The number of hydrogen-bond acceptors (Lipinski definition) is 5. The molecule has 0 radical (unpaired) electrons. The molecule has 0 saturated heterocycles. The number of anilines is 1. The van der Waals surface area contributed by atoms with Crippen molar-refractivity contribution in [3.8, 4) is 5.88 Å². The van der Waals surface area contributed by atoms with Gasteiger partial charge in [-0.05, 0) is 37.9 Å². The van der Waals surface area contributed by atoms with Crippen LogP contribution in [-0.4, -0.2) is 23.0 Å². The van der Waals surface area contributed by atoms with Crippen LogP contribution in [0.25, 0.3) is 0 Å². The quantitative estimate of drug-likeness (QED) is 0.753. The van der Waals surface area contributed by atoms with Crippen molar-refractivity contribution >= 4 is 66.7 Å². The predicted octanol–water partition coefficient (Wildman–Crippen LogP) is 3.98. The average Bonchev–Trinajstić information content (AvgIpc) is 2.67. The van der Waals surface area contributed by atoms with E-state index in [1.54, 1.807) is 6.07 Å². The number of rotatable bonds is 3. The van der Waals surface area contributed by atoms with E-state index >= 15 is 0 Å². The van der Waals surface area contributed by atoms with E-state index < -0.39 is 0 Å². The lowest BCUT2D eigenvalue weighted by Gasteiger charge is -2.05. The predicted molar refractivity (Wildman–Crippen MR) is 81.3 cm³/mol. The van der Waals surface area contributed by atoms with Crippen LogP contribution < -0.4 is 10.1 Å². The van der Waals surface area contributed by atoms with Gasteiger partial charge < -0.3 is 4.74 Å². The summed E-state index contributed by atoms with van der Waals surface area (Å²) >= 11 is 13.8. The Morgan fingerprint density at radius 1 is 1.42 bits per heavy atom. The number of amides is 1. The van der Waals surface area contributed by atoms with Gasteiger partial charge in [-0.25, -0.2) is 4.98 Å². The van der Waals surface area contributed by atoms with Gasteiger partial charge in [-0.3, -0.25) is 10.1 Å². The second kappa shape index (κ2) is 6.17. The molecule has 1 N–H and O–H groups in total. The fraction of sp³-hybridized carbons (Fsp3) is 0.100. The van der Waals surface area contributed by atoms with Crippen LogP contribution in [0, 0.1) is 0 Å². The van der Waals surface area contributed by atoms with Crippen LogP contribution in [0.4, 0.5) is 5.95 Å².